The van der Waals surface area contributed by atoms with E-state index in [0.717, 1.165) is 5.56 Å². The summed E-state index contributed by atoms with van der Waals surface area (Å²) in [6.45, 7) is 1.90. The summed E-state index contributed by atoms with van der Waals surface area (Å²) >= 11 is 0. The predicted molar refractivity (Wildman–Crippen MR) is 78.5 cm³/mol. The molecular formula is C16H20FN3O2. The fourth-order valence-electron chi connectivity index (χ4n) is 3.13. The number of piperidine rings is 1. The number of amides is 2. The Bertz CT molecular complexity index is 544. The first kappa shape index (κ1) is 14.9. The Morgan fingerprint density at radius 1 is 1.27 bits per heavy atom. The smallest absolute Gasteiger partial charge is 0.227 e. The fraction of sp³-hybridized carbons (Fsp3) is 0.562. The van der Waals surface area contributed by atoms with Crippen molar-refractivity contribution in [2.45, 2.75) is 32.0 Å². The van der Waals surface area contributed by atoms with Crippen LogP contribution in [0.25, 0.3) is 0 Å². The Kier molecular flexibility index (Phi) is 4.36. The van der Waals surface area contributed by atoms with Gasteiger partial charge in [0.15, 0.2) is 0 Å². The van der Waals surface area contributed by atoms with Crippen LogP contribution in [0.1, 0.15) is 24.8 Å². The van der Waals surface area contributed by atoms with Crippen molar-refractivity contribution >= 4 is 11.8 Å². The van der Waals surface area contributed by atoms with Crippen LogP contribution in [0.5, 0.6) is 0 Å². The average Bonchev–Trinajstić information content (AvgIpc) is 2.89. The number of nitrogens with zero attached hydrogens (tertiary/aromatic N) is 3. The molecule has 2 aliphatic heterocycles. The maximum atomic E-state index is 13.2. The standard InChI is InChI=1S/C16H20FN3O2/c17-14-3-7-19(8-4-14)16(22)13-9-15(21)20(11-13)10-12-1-5-18-6-2-12/h1-2,5-6,13-14H,3-4,7-11H2. The fourth-order valence-corrected chi connectivity index (χ4v) is 3.13. The van der Waals surface area contributed by atoms with E-state index in [9.17, 15) is 14.0 Å². The summed E-state index contributed by atoms with van der Waals surface area (Å²) in [7, 11) is 0. The zero-order valence-electron chi connectivity index (χ0n) is 12.4. The lowest BCUT2D eigenvalue weighted by Crippen LogP contribution is -2.42. The highest BCUT2D eigenvalue weighted by atomic mass is 19.1. The van der Waals surface area contributed by atoms with Crippen molar-refractivity contribution in [3.05, 3.63) is 30.1 Å². The van der Waals surface area contributed by atoms with Gasteiger partial charge in [-0.05, 0) is 30.5 Å². The Morgan fingerprint density at radius 2 is 1.95 bits per heavy atom. The van der Waals surface area contributed by atoms with Gasteiger partial charge in [0.2, 0.25) is 11.8 Å². The Labute approximate surface area is 129 Å². The minimum Gasteiger partial charge on any atom is -0.342 e. The number of hydrogen-bond donors (Lipinski definition) is 0. The molecule has 0 N–H and O–H groups in total. The first-order valence-electron chi connectivity index (χ1n) is 7.73. The molecule has 1 atom stereocenters. The van der Waals surface area contributed by atoms with Gasteiger partial charge in [0.05, 0.1) is 5.92 Å². The van der Waals surface area contributed by atoms with E-state index >= 15 is 0 Å². The molecule has 1 aromatic heterocycles. The Balaban J connectivity index is 1.58. The number of aromatic nitrogens is 1. The molecule has 3 rings (SSSR count). The molecule has 2 saturated heterocycles. The van der Waals surface area contributed by atoms with Crippen molar-refractivity contribution in [1.82, 2.24) is 14.8 Å². The van der Waals surface area contributed by atoms with E-state index in [1.54, 1.807) is 22.2 Å². The summed E-state index contributed by atoms with van der Waals surface area (Å²) in [5.41, 5.74) is 1.01. The van der Waals surface area contributed by atoms with Gasteiger partial charge in [-0.1, -0.05) is 0 Å². The van der Waals surface area contributed by atoms with E-state index in [1.165, 1.54) is 0 Å². The summed E-state index contributed by atoms with van der Waals surface area (Å²) < 4.78 is 13.2. The Hall–Kier alpha value is -1.98. The molecule has 118 valence electrons. The minimum atomic E-state index is -0.794. The molecule has 0 spiro atoms. The number of hydrogen-bond acceptors (Lipinski definition) is 3. The van der Waals surface area contributed by atoms with E-state index < -0.39 is 6.17 Å². The molecule has 1 aromatic rings. The van der Waals surface area contributed by atoms with Crippen LogP contribution in [0.3, 0.4) is 0 Å². The van der Waals surface area contributed by atoms with E-state index in [-0.39, 0.29) is 24.2 Å². The monoisotopic (exact) mass is 305 g/mol. The largest absolute Gasteiger partial charge is 0.342 e. The predicted octanol–water partition coefficient (Wildman–Crippen LogP) is 1.39. The van der Waals surface area contributed by atoms with Gasteiger partial charge in [0.1, 0.15) is 6.17 Å². The third kappa shape index (κ3) is 3.26. The van der Waals surface area contributed by atoms with Gasteiger partial charge in [-0.15, -0.1) is 0 Å². The molecule has 2 fully saturated rings. The topological polar surface area (TPSA) is 53.5 Å². The quantitative estimate of drug-likeness (QED) is 0.848. The highest BCUT2D eigenvalue weighted by Gasteiger charge is 2.37. The molecule has 6 heteroatoms. The van der Waals surface area contributed by atoms with Crippen LogP contribution in [-0.2, 0) is 16.1 Å². The molecule has 2 amide bonds. The normalized spacial score (nSPS) is 23.1. The van der Waals surface area contributed by atoms with Crippen molar-refractivity contribution in [1.29, 1.82) is 0 Å². The van der Waals surface area contributed by atoms with Gasteiger partial charge in [0.25, 0.3) is 0 Å². The van der Waals surface area contributed by atoms with Crippen LogP contribution >= 0.6 is 0 Å². The maximum absolute atomic E-state index is 13.2. The highest BCUT2D eigenvalue weighted by molar-refractivity contribution is 5.89. The van der Waals surface area contributed by atoms with E-state index in [4.69, 9.17) is 0 Å². The van der Waals surface area contributed by atoms with Crippen LogP contribution in [0.2, 0.25) is 0 Å². The number of likely N-dealkylation sites (tertiary alicyclic amines) is 2. The zero-order chi connectivity index (χ0) is 15.5. The zero-order valence-corrected chi connectivity index (χ0v) is 12.4. The van der Waals surface area contributed by atoms with E-state index in [1.807, 2.05) is 12.1 Å². The summed E-state index contributed by atoms with van der Waals surface area (Å²) in [5, 5.41) is 0. The van der Waals surface area contributed by atoms with Crippen LogP contribution in [0.15, 0.2) is 24.5 Å². The average molecular weight is 305 g/mol. The van der Waals surface area contributed by atoms with Crippen LogP contribution in [0, 0.1) is 5.92 Å². The van der Waals surface area contributed by atoms with Crippen molar-refractivity contribution < 1.29 is 14.0 Å². The molecule has 0 aliphatic carbocycles. The summed E-state index contributed by atoms with van der Waals surface area (Å²) in [6.07, 6.45) is 3.68. The SMILES string of the molecule is O=C1CC(C(=O)N2CCC(F)CC2)CN1Cc1ccncc1. The van der Waals surface area contributed by atoms with Crippen LogP contribution in [0.4, 0.5) is 4.39 Å². The maximum Gasteiger partial charge on any atom is 0.227 e. The minimum absolute atomic E-state index is 0.00233. The molecule has 3 heterocycles. The van der Waals surface area contributed by atoms with Crippen LogP contribution < -0.4 is 0 Å². The van der Waals surface area contributed by atoms with Crippen molar-refractivity contribution in [2.24, 2.45) is 5.92 Å². The van der Waals surface area contributed by atoms with Gasteiger partial charge in [-0.2, -0.15) is 0 Å². The summed E-state index contributed by atoms with van der Waals surface area (Å²) in [5.74, 6) is -0.279. The second-order valence-corrected chi connectivity index (χ2v) is 6.03. The summed E-state index contributed by atoms with van der Waals surface area (Å²) in [4.78, 5) is 32.0. The number of rotatable bonds is 3. The van der Waals surface area contributed by atoms with E-state index in [0.29, 0.717) is 39.0 Å². The van der Waals surface area contributed by atoms with Gasteiger partial charge in [0, 0.05) is 45.0 Å². The van der Waals surface area contributed by atoms with E-state index in [2.05, 4.69) is 4.98 Å². The number of pyridine rings is 1. The molecule has 0 bridgehead atoms. The second-order valence-electron chi connectivity index (χ2n) is 6.03. The highest BCUT2D eigenvalue weighted by Crippen LogP contribution is 2.24. The number of alkyl halides is 1. The number of carbonyl (C=O) groups excluding carboxylic acids is 2. The molecule has 0 aromatic carbocycles. The van der Waals surface area contributed by atoms with Gasteiger partial charge < -0.3 is 9.80 Å². The first-order chi connectivity index (χ1) is 10.6. The number of halogens is 1. The lowest BCUT2D eigenvalue weighted by atomic mass is 10.0. The van der Waals surface area contributed by atoms with Gasteiger partial charge in [-0.25, -0.2) is 4.39 Å². The van der Waals surface area contributed by atoms with Crippen molar-refractivity contribution in [3.8, 4) is 0 Å². The molecule has 22 heavy (non-hydrogen) atoms. The third-order valence-electron chi connectivity index (χ3n) is 4.42. The first-order valence-corrected chi connectivity index (χ1v) is 7.73. The lowest BCUT2D eigenvalue weighted by Gasteiger charge is -2.30. The number of carbonyl (C=O) groups is 2. The molecule has 5 nitrogen and oxygen atoms in total. The summed E-state index contributed by atoms with van der Waals surface area (Å²) in [6, 6.07) is 3.74. The van der Waals surface area contributed by atoms with Gasteiger partial charge in [-0.3, -0.25) is 14.6 Å². The Morgan fingerprint density at radius 3 is 2.64 bits per heavy atom. The molecule has 0 saturated carbocycles. The second kappa shape index (κ2) is 6.42. The molecule has 1 unspecified atom stereocenters. The molecule has 2 aliphatic rings. The lowest BCUT2D eigenvalue weighted by molar-refractivity contribution is -0.137. The van der Waals surface area contributed by atoms with Crippen molar-refractivity contribution in [3.63, 3.8) is 0 Å². The van der Waals surface area contributed by atoms with Gasteiger partial charge >= 0.3 is 0 Å². The molecule has 0 radical (unpaired) electrons. The van der Waals surface area contributed by atoms with Crippen molar-refractivity contribution in [2.75, 3.05) is 19.6 Å². The van der Waals surface area contributed by atoms with Crippen LogP contribution in [-0.4, -0.2) is 52.4 Å². The molecular weight excluding hydrogens is 285 g/mol. The third-order valence-corrected chi connectivity index (χ3v) is 4.42.